The van der Waals surface area contributed by atoms with Crippen molar-refractivity contribution in [2.24, 2.45) is 0 Å². The van der Waals surface area contributed by atoms with Crippen LogP contribution in [0.1, 0.15) is 44.9 Å². The molecule has 6 heteroatoms. The Balaban J connectivity index is 1.99. The van der Waals surface area contributed by atoms with E-state index in [1.54, 1.807) is 19.3 Å². The third-order valence-electron chi connectivity index (χ3n) is 3.76. The summed E-state index contributed by atoms with van der Waals surface area (Å²) in [7, 11) is 0. The summed E-state index contributed by atoms with van der Waals surface area (Å²) in [4.78, 5) is 16.6. The van der Waals surface area contributed by atoms with Crippen LogP contribution in [-0.4, -0.2) is 21.1 Å². The van der Waals surface area contributed by atoms with Crippen molar-refractivity contribution in [1.29, 1.82) is 0 Å². The number of amides is 1. The molecule has 2 heterocycles. The molecule has 0 spiro atoms. The fraction of sp³-hybridized carbons (Fsp3) is 0.222. The first-order valence-corrected chi connectivity index (χ1v) is 7.62. The van der Waals surface area contributed by atoms with Crippen LogP contribution in [0.3, 0.4) is 0 Å². The minimum absolute atomic E-state index is 0.0494. The van der Waals surface area contributed by atoms with Crippen LogP contribution < -0.4 is 5.32 Å². The highest BCUT2D eigenvalue weighted by Gasteiger charge is 2.22. The maximum atomic E-state index is 12.5. The number of pyridine rings is 1. The second kappa shape index (κ2) is 6.62. The zero-order valence-electron chi connectivity index (χ0n) is 13.8. The van der Waals surface area contributed by atoms with Crippen molar-refractivity contribution < 1.29 is 9.21 Å². The fourth-order valence-electron chi connectivity index (χ4n) is 2.54. The molecular formula is C18H18N4O2. The van der Waals surface area contributed by atoms with E-state index in [0.29, 0.717) is 5.89 Å². The summed E-state index contributed by atoms with van der Waals surface area (Å²) in [5.74, 6) is -0.109. The van der Waals surface area contributed by atoms with Gasteiger partial charge in [0.2, 0.25) is 5.89 Å². The van der Waals surface area contributed by atoms with Gasteiger partial charge >= 0.3 is 11.8 Å². The van der Waals surface area contributed by atoms with Gasteiger partial charge in [-0.15, -0.1) is 10.2 Å². The molecule has 0 radical (unpaired) electrons. The Bertz CT molecular complexity index is 858. The van der Waals surface area contributed by atoms with Crippen LogP contribution in [0.5, 0.6) is 0 Å². The predicted molar refractivity (Wildman–Crippen MR) is 88.5 cm³/mol. The first-order chi connectivity index (χ1) is 11.5. The molecule has 0 unspecified atom stereocenters. The van der Waals surface area contributed by atoms with Gasteiger partial charge in [0, 0.05) is 19.3 Å². The van der Waals surface area contributed by atoms with Crippen molar-refractivity contribution in [3.8, 4) is 0 Å². The van der Waals surface area contributed by atoms with E-state index >= 15 is 0 Å². The van der Waals surface area contributed by atoms with Gasteiger partial charge in [-0.2, -0.15) is 0 Å². The van der Waals surface area contributed by atoms with Crippen molar-refractivity contribution in [2.45, 2.75) is 26.8 Å². The summed E-state index contributed by atoms with van der Waals surface area (Å²) in [5, 5.41) is 10.5. The molecule has 0 saturated carbocycles. The molecule has 0 saturated heterocycles. The minimum atomic E-state index is -0.412. The summed E-state index contributed by atoms with van der Waals surface area (Å²) < 4.78 is 5.22. The Labute approximate surface area is 140 Å². The number of hydrogen-bond acceptors (Lipinski definition) is 5. The Morgan fingerprint density at radius 2 is 2.00 bits per heavy atom. The maximum Gasteiger partial charge on any atom is 0.309 e. The monoisotopic (exact) mass is 322 g/mol. The molecule has 0 aliphatic heterocycles. The van der Waals surface area contributed by atoms with Crippen LogP contribution in [-0.2, 0) is 0 Å². The number of hydrogen-bond donors (Lipinski definition) is 1. The van der Waals surface area contributed by atoms with Crippen LogP contribution in [0.25, 0.3) is 0 Å². The van der Waals surface area contributed by atoms with Gasteiger partial charge in [0.05, 0.1) is 6.04 Å². The molecule has 24 heavy (non-hydrogen) atoms. The lowest BCUT2D eigenvalue weighted by Crippen LogP contribution is -2.30. The van der Waals surface area contributed by atoms with Gasteiger partial charge in [-0.25, -0.2) is 0 Å². The van der Waals surface area contributed by atoms with E-state index in [-0.39, 0.29) is 11.9 Å². The number of rotatable bonds is 4. The third kappa shape index (κ3) is 3.32. The van der Waals surface area contributed by atoms with Crippen LogP contribution in [0.15, 0.2) is 47.1 Å². The Morgan fingerprint density at radius 3 is 2.67 bits per heavy atom. The van der Waals surface area contributed by atoms with Crippen molar-refractivity contribution in [2.75, 3.05) is 0 Å². The molecule has 0 fully saturated rings. The highest BCUT2D eigenvalue weighted by Crippen LogP contribution is 2.26. The standard InChI is InChI=1S/C18H18N4O2/c1-11-6-7-12(2)15(9-11)16(14-5-4-8-19-10-14)20-17(23)18-22-21-13(3)24-18/h4-10,16H,1-3H3,(H,20,23)/t16-/m1/s1. The van der Waals surface area contributed by atoms with Gasteiger partial charge in [0.1, 0.15) is 0 Å². The van der Waals surface area contributed by atoms with E-state index in [1.165, 1.54) is 0 Å². The molecule has 0 aliphatic carbocycles. The molecule has 0 bridgehead atoms. The second-order valence-corrected chi connectivity index (χ2v) is 5.68. The fourth-order valence-corrected chi connectivity index (χ4v) is 2.54. The maximum absolute atomic E-state index is 12.5. The molecule has 2 aromatic heterocycles. The van der Waals surface area contributed by atoms with Crippen molar-refractivity contribution in [3.63, 3.8) is 0 Å². The van der Waals surface area contributed by atoms with Crippen molar-refractivity contribution >= 4 is 5.91 Å². The van der Waals surface area contributed by atoms with Crippen LogP contribution >= 0.6 is 0 Å². The Kier molecular flexibility index (Phi) is 4.37. The molecule has 1 amide bonds. The van der Waals surface area contributed by atoms with E-state index in [0.717, 1.165) is 22.3 Å². The smallest absolute Gasteiger partial charge is 0.309 e. The summed E-state index contributed by atoms with van der Waals surface area (Å²) in [5.41, 5.74) is 4.09. The predicted octanol–water partition coefficient (Wildman–Crippen LogP) is 2.91. The lowest BCUT2D eigenvalue weighted by atomic mass is 9.94. The van der Waals surface area contributed by atoms with Crippen molar-refractivity contribution in [3.05, 3.63) is 76.8 Å². The second-order valence-electron chi connectivity index (χ2n) is 5.68. The van der Waals surface area contributed by atoms with Gasteiger partial charge in [-0.3, -0.25) is 9.78 Å². The van der Waals surface area contributed by atoms with Crippen LogP contribution in [0, 0.1) is 20.8 Å². The zero-order valence-corrected chi connectivity index (χ0v) is 13.8. The first-order valence-electron chi connectivity index (χ1n) is 7.62. The zero-order chi connectivity index (χ0) is 17.1. The Morgan fingerprint density at radius 1 is 1.17 bits per heavy atom. The molecule has 1 atom stereocenters. The van der Waals surface area contributed by atoms with Gasteiger partial charge in [0.15, 0.2) is 0 Å². The van der Waals surface area contributed by atoms with E-state index in [1.807, 2.05) is 38.1 Å². The Hall–Kier alpha value is -3.02. The van der Waals surface area contributed by atoms with Crippen LogP contribution in [0.2, 0.25) is 0 Å². The van der Waals surface area contributed by atoms with E-state index < -0.39 is 5.91 Å². The van der Waals surface area contributed by atoms with Gasteiger partial charge in [0.25, 0.3) is 0 Å². The number of carbonyl (C=O) groups excluding carboxylic acids is 1. The molecule has 6 nitrogen and oxygen atoms in total. The number of benzene rings is 1. The van der Waals surface area contributed by atoms with E-state index in [2.05, 4.69) is 26.6 Å². The van der Waals surface area contributed by atoms with Crippen LogP contribution in [0.4, 0.5) is 0 Å². The number of aromatic nitrogens is 3. The topological polar surface area (TPSA) is 80.9 Å². The summed E-state index contributed by atoms with van der Waals surface area (Å²) in [6.45, 7) is 5.68. The normalized spacial score (nSPS) is 12.0. The van der Waals surface area contributed by atoms with E-state index in [9.17, 15) is 4.79 Å². The highest BCUT2D eigenvalue weighted by atomic mass is 16.4. The molecule has 3 aromatic rings. The lowest BCUT2D eigenvalue weighted by Gasteiger charge is -2.21. The number of carbonyl (C=O) groups is 1. The van der Waals surface area contributed by atoms with Gasteiger partial charge in [-0.05, 0) is 36.6 Å². The van der Waals surface area contributed by atoms with E-state index in [4.69, 9.17) is 4.42 Å². The average molecular weight is 322 g/mol. The largest absolute Gasteiger partial charge is 0.417 e. The molecule has 1 N–H and O–H groups in total. The molecule has 122 valence electrons. The molecule has 1 aromatic carbocycles. The quantitative estimate of drug-likeness (QED) is 0.799. The number of aryl methyl sites for hydroxylation is 3. The third-order valence-corrected chi connectivity index (χ3v) is 3.76. The number of nitrogens with one attached hydrogen (secondary N) is 1. The average Bonchev–Trinajstić information content (AvgIpc) is 3.02. The van der Waals surface area contributed by atoms with Crippen molar-refractivity contribution in [1.82, 2.24) is 20.5 Å². The summed E-state index contributed by atoms with van der Waals surface area (Å²) >= 11 is 0. The molecule has 0 aliphatic rings. The lowest BCUT2D eigenvalue weighted by molar-refractivity contribution is 0.0906. The highest BCUT2D eigenvalue weighted by molar-refractivity contribution is 5.90. The summed E-state index contributed by atoms with van der Waals surface area (Å²) in [6, 6.07) is 9.57. The summed E-state index contributed by atoms with van der Waals surface area (Å²) in [6.07, 6.45) is 3.44. The minimum Gasteiger partial charge on any atom is -0.417 e. The first kappa shape index (κ1) is 15.9. The molecular weight excluding hydrogens is 304 g/mol. The van der Waals surface area contributed by atoms with Gasteiger partial charge < -0.3 is 9.73 Å². The SMILES string of the molecule is Cc1ccc(C)c([C@H](NC(=O)c2nnc(C)o2)c2cccnc2)c1. The van der Waals surface area contributed by atoms with Gasteiger partial charge in [-0.1, -0.05) is 29.8 Å². The molecule has 3 rings (SSSR count). The number of nitrogens with zero attached hydrogens (tertiary/aromatic N) is 3.